The van der Waals surface area contributed by atoms with Crippen molar-refractivity contribution in [3.63, 3.8) is 0 Å². The molecule has 1 heterocycles. The van der Waals surface area contributed by atoms with Gasteiger partial charge in [-0.05, 0) is 9.91 Å². The van der Waals surface area contributed by atoms with Gasteiger partial charge in [0, 0.05) is 13.5 Å². The van der Waals surface area contributed by atoms with E-state index in [0.29, 0.717) is 12.1 Å². The summed E-state index contributed by atoms with van der Waals surface area (Å²) >= 11 is 0. The number of hydrogen-bond acceptors (Lipinski definition) is 4. The molecule has 0 amide bonds. The fraction of sp³-hybridized carbons (Fsp3) is 0.500. The Bertz CT molecular complexity index is 370. The van der Waals surface area contributed by atoms with Gasteiger partial charge in [-0.15, -0.1) is 0 Å². The summed E-state index contributed by atoms with van der Waals surface area (Å²) in [6.07, 6.45) is 1.79. The minimum atomic E-state index is -0.571. The van der Waals surface area contributed by atoms with Gasteiger partial charge in [-0.3, -0.25) is 4.79 Å². The topological polar surface area (TPSA) is 78.0 Å². The van der Waals surface area contributed by atoms with Crippen LogP contribution in [0.2, 0.25) is 0 Å². The minimum absolute atomic E-state index is 0.0308. The van der Waals surface area contributed by atoms with Crippen molar-refractivity contribution in [2.75, 3.05) is 0 Å². The summed E-state index contributed by atoms with van der Waals surface area (Å²) in [6, 6.07) is 0. The van der Waals surface area contributed by atoms with Crippen molar-refractivity contribution in [3.05, 3.63) is 22.1 Å². The highest BCUT2D eigenvalue weighted by Crippen LogP contribution is 2.16. The van der Waals surface area contributed by atoms with Crippen molar-refractivity contribution < 1.29 is 9.72 Å². The van der Waals surface area contributed by atoms with E-state index in [4.69, 9.17) is 0 Å². The lowest BCUT2D eigenvalue weighted by molar-refractivity contribution is -0.390. The molecule has 0 aliphatic heterocycles. The largest absolute Gasteiger partial charge is 0.385 e. The zero-order valence-corrected chi connectivity index (χ0v) is 8.06. The number of nitro groups is 1. The molecule has 1 rings (SSSR count). The van der Waals surface area contributed by atoms with Crippen LogP contribution >= 0.6 is 0 Å². The Kier molecular flexibility index (Phi) is 2.95. The molecular formula is C8H11N3O3. The van der Waals surface area contributed by atoms with Gasteiger partial charge in [0.15, 0.2) is 0 Å². The molecule has 6 heteroatoms. The first-order valence-electron chi connectivity index (χ1n) is 4.22. The fourth-order valence-corrected chi connectivity index (χ4v) is 1.11. The first-order chi connectivity index (χ1) is 6.56. The molecule has 0 saturated carbocycles. The van der Waals surface area contributed by atoms with Crippen molar-refractivity contribution in [1.82, 2.24) is 9.55 Å². The molecule has 14 heavy (non-hydrogen) atoms. The quantitative estimate of drug-likeness (QED) is 0.529. The number of aryl methyl sites for hydroxylation is 1. The second kappa shape index (κ2) is 3.99. The van der Waals surface area contributed by atoms with Crippen LogP contribution in [-0.2, 0) is 18.3 Å². The van der Waals surface area contributed by atoms with E-state index in [1.54, 1.807) is 14.0 Å². The summed E-state index contributed by atoms with van der Waals surface area (Å²) in [4.78, 5) is 24.7. The first kappa shape index (κ1) is 10.4. The van der Waals surface area contributed by atoms with Gasteiger partial charge in [-0.2, -0.15) is 0 Å². The van der Waals surface area contributed by atoms with Crippen LogP contribution < -0.4 is 0 Å². The zero-order valence-electron chi connectivity index (χ0n) is 8.06. The number of rotatable bonds is 4. The third kappa shape index (κ3) is 1.95. The number of carbonyl (C=O) groups excluding carboxylic acids is 1. The van der Waals surface area contributed by atoms with Gasteiger partial charge in [0.1, 0.15) is 11.5 Å². The van der Waals surface area contributed by atoms with Gasteiger partial charge >= 0.3 is 5.82 Å². The van der Waals surface area contributed by atoms with Crippen molar-refractivity contribution in [2.24, 2.45) is 7.05 Å². The third-order valence-electron chi connectivity index (χ3n) is 1.97. The molecule has 0 atom stereocenters. The third-order valence-corrected chi connectivity index (χ3v) is 1.97. The molecule has 0 saturated heterocycles. The smallest absolute Gasteiger partial charge is 0.358 e. The highest BCUT2D eigenvalue weighted by molar-refractivity contribution is 5.80. The molecule has 0 radical (unpaired) electrons. The maximum absolute atomic E-state index is 11.1. The van der Waals surface area contributed by atoms with Crippen LogP contribution in [0, 0.1) is 10.1 Å². The zero-order chi connectivity index (χ0) is 10.7. The van der Waals surface area contributed by atoms with Crippen molar-refractivity contribution in [1.29, 1.82) is 0 Å². The van der Waals surface area contributed by atoms with Crippen LogP contribution in [0.25, 0.3) is 0 Å². The molecule has 1 aromatic rings. The Morgan fingerprint density at radius 2 is 2.36 bits per heavy atom. The first-order valence-corrected chi connectivity index (χ1v) is 4.22. The molecule has 0 aromatic carbocycles. The van der Waals surface area contributed by atoms with Crippen LogP contribution in [0.15, 0.2) is 6.33 Å². The van der Waals surface area contributed by atoms with Gasteiger partial charge in [-0.1, -0.05) is 6.92 Å². The predicted octanol–water partition coefficient (Wildman–Crippen LogP) is 0.850. The Labute approximate surface area is 80.7 Å². The predicted molar refractivity (Wildman–Crippen MR) is 48.9 cm³/mol. The van der Waals surface area contributed by atoms with Crippen LogP contribution in [-0.4, -0.2) is 20.3 Å². The van der Waals surface area contributed by atoms with E-state index < -0.39 is 4.92 Å². The minimum Gasteiger partial charge on any atom is -0.358 e. The molecule has 76 valence electrons. The molecular weight excluding hydrogens is 186 g/mol. The highest BCUT2D eigenvalue weighted by Gasteiger charge is 2.21. The number of hydrogen-bond donors (Lipinski definition) is 0. The second-order valence-corrected chi connectivity index (χ2v) is 2.95. The molecule has 0 fully saturated rings. The number of aromatic nitrogens is 2. The molecule has 6 nitrogen and oxygen atoms in total. The number of carbonyl (C=O) groups is 1. The average molecular weight is 197 g/mol. The van der Waals surface area contributed by atoms with E-state index in [2.05, 4.69) is 4.98 Å². The Balaban J connectivity index is 2.99. The second-order valence-electron chi connectivity index (χ2n) is 2.95. The van der Waals surface area contributed by atoms with Gasteiger partial charge in [0.25, 0.3) is 0 Å². The fourth-order valence-electron chi connectivity index (χ4n) is 1.11. The van der Waals surface area contributed by atoms with E-state index >= 15 is 0 Å². The van der Waals surface area contributed by atoms with E-state index in [-0.39, 0.29) is 18.0 Å². The van der Waals surface area contributed by atoms with Gasteiger partial charge in [-0.25, -0.2) is 0 Å². The SMILES string of the molecule is CCC(=O)Cc1c([N+](=O)[O-])ncn1C. The molecule has 0 spiro atoms. The normalized spacial score (nSPS) is 10.1. The van der Waals surface area contributed by atoms with Crippen molar-refractivity contribution in [2.45, 2.75) is 19.8 Å². The number of imidazole rings is 1. The lowest BCUT2D eigenvalue weighted by atomic mass is 10.2. The maximum atomic E-state index is 11.1. The number of nitrogens with zero attached hydrogens (tertiary/aromatic N) is 3. The Morgan fingerprint density at radius 3 is 2.86 bits per heavy atom. The monoisotopic (exact) mass is 197 g/mol. The molecule has 1 aromatic heterocycles. The Morgan fingerprint density at radius 1 is 1.71 bits per heavy atom. The summed E-state index contributed by atoms with van der Waals surface area (Å²) in [5.41, 5.74) is 0.363. The van der Waals surface area contributed by atoms with E-state index in [1.807, 2.05) is 0 Å². The van der Waals surface area contributed by atoms with Crippen molar-refractivity contribution in [3.8, 4) is 0 Å². The van der Waals surface area contributed by atoms with Crippen LogP contribution in [0.4, 0.5) is 5.82 Å². The lowest BCUT2D eigenvalue weighted by Crippen LogP contribution is -2.07. The van der Waals surface area contributed by atoms with Crippen LogP contribution in [0.5, 0.6) is 0 Å². The van der Waals surface area contributed by atoms with E-state index in [1.165, 1.54) is 10.9 Å². The maximum Gasteiger partial charge on any atom is 0.385 e. The summed E-state index contributed by atoms with van der Waals surface area (Å²) in [6.45, 7) is 1.73. The highest BCUT2D eigenvalue weighted by atomic mass is 16.6. The molecule has 0 aliphatic carbocycles. The lowest BCUT2D eigenvalue weighted by Gasteiger charge is -1.99. The summed E-state index contributed by atoms with van der Waals surface area (Å²) in [5, 5.41) is 10.5. The van der Waals surface area contributed by atoms with Crippen molar-refractivity contribution >= 4 is 11.6 Å². The standard InChI is InChI=1S/C8H11N3O3/c1-3-6(12)4-7-8(11(13)14)9-5-10(7)2/h5H,3-4H2,1-2H3. The van der Waals surface area contributed by atoms with Crippen LogP contribution in [0.1, 0.15) is 19.0 Å². The van der Waals surface area contributed by atoms with Gasteiger partial charge in [0.05, 0.1) is 6.42 Å². The molecule has 0 aliphatic rings. The number of ketones is 1. The molecule has 0 bridgehead atoms. The Hall–Kier alpha value is -1.72. The van der Waals surface area contributed by atoms with Gasteiger partial charge in [0.2, 0.25) is 6.33 Å². The summed E-state index contributed by atoms with van der Waals surface area (Å²) in [7, 11) is 1.64. The van der Waals surface area contributed by atoms with Crippen LogP contribution in [0.3, 0.4) is 0 Å². The average Bonchev–Trinajstić information content (AvgIpc) is 2.48. The van der Waals surface area contributed by atoms with Gasteiger partial charge < -0.3 is 14.7 Å². The number of Topliss-reactive ketones (excluding diaryl/α,β-unsaturated/α-hetero) is 1. The summed E-state index contributed by atoms with van der Waals surface area (Å²) < 4.78 is 1.51. The summed E-state index contributed by atoms with van der Waals surface area (Å²) in [5.74, 6) is -0.258. The molecule has 0 unspecified atom stereocenters. The van der Waals surface area contributed by atoms with E-state index in [0.717, 1.165) is 0 Å². The molecule has 0 N–H and O–H groups in total. The van der Waals surface area contributed by atoms with E-state index in [9.17, 15) is 14.9 Å².